The molecule has 6 nitrogen and oxygen atoms in total. The van der Waals surface area contributed by atoms with Gasteiger partial charge in [-0.05, 0) is 57.0 Å². The minimum atomic E-state index is 0.520. The molecule has 0 unspecified atom stereocenters. The summed E-state index contributed by atoms with van der Waals surface area (Å²) in [6, 6.07) is 19.6. The fraction of sp³-hybridized carbons (Fsp3) is 0.379. The number of hydrogen-bond donors (Lipinski definition) is 1. The SMILES string of the molecule is COc1cc2nc(-c3ccc4ccccc4c3)nc(NCCCN(C(C)C)C(C)C)c2cc1OC. The van der Waals surface area contributed by atoms with Gasteiger partial charge < -0.3 is 14.8 Å². The van der Waals surface area contributed by atoms with Crippen molar-refractivity contribution in [3.05, 3.63) is 54.6 Å². The molecule has 0 radical (unpaired) electrons. The first kappa shape index (κ1) is 24.7. The Bertz CT molecular complexity index is 1290. The van der Waals surface area contributed by atoms with Crippen LogP contribution in [0.1, 0.15) is 34.1 Å². The number of nitrogens with one attached hydrogen (secondary N) is 1. The van der Waals surface area contributed by atoms with Gasteiger partial charge in [-0.1, -0.05) is 36.4 Å². The summed E-state index contributed by atoms with van der Waals surface area (Å²) in [7, 11) is 3.29. The molecule has 4 aromatic rings. The van der Waals surface area contributed by atoms with Crippen molar-refractivity contribution in [2.45, 2.75) is 46.2 Å². The molecule has 0 atom stereocenters. The van der Waals surface area contributed by atoms with E-state index in [0.717, 1.165) is 47.2 Å². The number of benzene rings is 3. The number of anilines is 1. The molecule has 3 aromatic carbocycles. The molecule has 0 bridgehead atoms. The van der Waals surface area contributed by atoms with Crippen LogP contribution in [0.15, 0.2) is 54.6 Å². The lowest BCUT2D eigenvalue weighted by Gasteiger charge is -2.30. The summed E-state index contributed by atoms with van der Waals surface area (Å²) < 4.78 is 11.1. The van der Waals surface area contributed by atoms with Crippen molar-refractivity contribution >= 4 is 27.5 Å². The molecule has 1 heterocycles. The van der Waals surface area contributed by atoms with Gasteiger partial charge in [-0.25, -0.2) is 9.97 Å². The van der Waals surface area contributed by atoms with Crippen molar-refractivity contribution in [3.63, 3.8) is 0 Å². The van der Waals surface area contributed by atoms with E-state index < -0.39 is 0 Å². The maximum Gasteiger partial charge on any atom is 0.162 e. The van der Waals surface area contributed by atoms with E-state index in [-0.39, 0.29) is 0 Å². The van der Waals surface area contributed by atoms with E-state index in [9.17, 15) is 0 Å². The monoisotopic (exact) mass is 472 g/mol. The zero-order valence-electron chi connectivity index (χ0n) is 21.6. The summed E-state index contributed by atoms with van der Waals surface area (Å²) in [4.78, 5) is 12.4. The molecule has 0 aliphatic heterocycles. The molecule has 0 aliphatic rings. The molecule has 0 spiro atoms. The van der Waals surface area contributed by atoms with Crippen LogP contribution < -0.4 is 14.8 Å². The van der Waals surface area contributed by atoms with Crippen LogP contribution in [0.2, 0.25) is 0 Å². The zero-order valence-corrected chi connectivity index (χ0v) is 21.6. The third kappa shape index (κ3) is 5.49. The first-order valence-corrected chi connectivity index (χ1v) is 12.3. The predicted molar refractivity (Wildman–Crippen MR) is 146 cm³/mol. The van der Waals surface area contributed by atoms with Gasteiger partial charge in [0.25, 0.3) is 0 Å². The highest BCUT2D eigenvalue weighted by Gasteiger charge is 2.16. The van der Waals surface area contributed by atoms with Crippen molar-refractivity contribution in [3.8, 4) is 22.9 Å². The number of rotatable bonds is 10. The van der Waals surface area contributed by atoms with Crippen LogP contribution in [-0.2, 0) is 0 Å². The largest absolute Gasteiger partial charge is 0.493 e. The first-order valence-electron chi connectivity index (χ1n) is 12.3. The topological polar surface area (TPSA) is 59.5 Å². The second kappa shape index (κ2) is 10.9. The van der Waals surface area contributed by atoms with Crippen LogP contribution >= 0.6 is 0 Å². The molecule has 6 heteroatoms. The Morgan fingerprint density at radius 3 is 2.20 bits per heavy atom. The summed E-state index contributed by atoms with van der Waals surface area (Å²) in [6.07, 6.45) is 1.01. The van der Waals surface area contributed by atoms with Crippen LogP contribution in [0.4, 0.5) is 5.82 Å². The maximum atomic E-state index is 5.56. The van der Waals surface area contributed by atoms with E-state index >= 15 is 0 Å². The van der Waals surface area contributed by atoms with Gasteiger partial charge in [0.05, 0.1) is 19.7 Å². The van der Waals surface area contributed by atoms with E-state index in [1.54, 1.807) is 14.2 Å². The highest BCUT2D eigenvalue weighted by molar-refractivity contribution is 5.94. The minimum Gasteiger partial charge on any atom is -0.493 e. The lowest BCUT2D eigenvalue weighted by atomic mass is 10.1. The normalized spacial score (nSPS) is 11.7. The standard InChI is InChI=1S/C29H36N4O2/c1-19(2)33(20(3)4)15-9-14-30-29-24-17-26(34-5)27(35-6)18-25(24)31-28(32-29)23-13-12-21-10-7-8-11-22(21)16-23/h7-8,10-13,16-20H,9,14-15H2,1-6H3,(H,30,31,32). The van der Waals surface area contributed by atoms with Crippen LogP contribution in [-0.4, -0.2) is 54.3 Å². The zero-order chi connectivity index (χ0) is 24.9. The maximum absolute atomic E-state index is 5.56. The van der Waals surface area contributed by atoms with Gasteiger partial charge in [0.15, 0.2) is 17.3 Å². The van der Waals surface area contributed by atoms with Gasteiger partial charge in [0, 0.05) is 42.2 Å². The minimum absolute atomic E-state index is 0.520. The lowest BCUT2D eigenvalue weighted by molar-refractivity contribution is 0.174. The Kier molecular flexibility index (Phi) is 7.71. The third-order valence-electron chi connectivity index (χ3n) is 6.42. The van der Waals surface area contributed by atoms with Crippen LogP contribution in [0, 0.1) is 0 Å². The van der Waals surface area contributed by atoms with E-state index in [0.29, 0.717) is 29.4 Å². The first-order chi connectivity index (χ1) is 16.9. The molecule has 1 N–H and O–H groups in total. The van der Waals surface area contributed by atoms with Crippen LogP contribution in [0.3, 0.4) is 0 Å². The van der Waals surface area contributed by atoms with Crippen LogP contribution in [0.25, 0.3) is 33.1 Å². The number of hydrogen-bond acceptors (Lipinski definition) is 6. The predicted octanol–water partition coefficient (Wildman–Crippen LogP) is 6.39. The Morgan fingerprint density at radius 1 is 0.829 bits per heavy atom. The average Bonchev–Trinajstić information content (AvgIpc) is 2.86. The van der Waals surface area contributed by atoms with Crippen molar-refractivity contribution in [2.75, 3.05) is 32.6 Å². The summed E-state index contributed by atoms with van der Waals surface area (Å²) in [6.45, 7) is 10.8. The molecule has 0 amide bonds. The number of nitrogens with zero attached hydrogens (tertiary/aromatic N) is 3. The quantitative estimate of drug-likeness (QED) is 0.270. The van der Waals surface area contributed by atoms with Gasteiger partial charge in [0.2, 0.25) is 0 Å². The van der Waals surface area contributed by atoms with Gasteiger partial charge in [-0.2, -0.15) is 0 Å². The molecular weight excluding hydrogens is 436 g/mol. The van der Waals surface area contributed by atoms with Crippen LogP contribution in [0.5, 0.6) is 11.5 Å². The molecule has 1 aromatic heterocycles. The van der Waals surface area contributed by atoms with Gasteiger partial charge in [-0.3, -0.25) is 4.90 Å². The Balaban J connectivity index is 1.70. The molecule has 0 saturated carbocycles. The van der Waals surface area contributed by atoms with Gasteiger partial charge in [-0.15, -0.1) is 0 Å². The van der Waals surface area contributed by atoms with Crippen molar-refractivity contribution < 1.29 is 9.47 Å². The molecule has 0 fully saturated rings. The third-order valence-corrected chi connectivity index (χ3v) is 6.42. The van der Waals surface area contributed by atoms with Gasteiger partial charge >= 0.3 is 0 Å². The van der Waals surface area contributed by atoms with Gasteiger partial charge in [0.1, 0.15) is 5.82 Å². The Hall–Kier alpha value is -3.38. The molecule has 184 valence electrons. The number of fused-ring (bicyclic) bond motifs is 2. The van der Waals surface area contributed by atoms with E-state index in [1.165, 1.54) is 5.39 Å². The van der Waals surface area contributed by atoms with E-state index in [2.05, 4.69) is 80.4 Å². The molecule has 35 heavy (non-hydrogen) atoms. The lowest BCUT2D eigenvalue weighted by Crippen LogP contribution is -2.38. The number of methoxy groups -OCH3 is 2. The molecule has 4 rings (SSSR count). The highest BCUT2D eigenvalue weighted by Crippen LogP contribution is 2.35. The van der Waals surface area contributed by atoms with E-state index in [1.807, 2.05) is 12.1 Å². The average molecular weight is 473 g/mol. The van der Waals surface area contributed by atoms with Crippen molar-refractivity contribution in [1.82, 2.24) is 14.9 Å². The fourth-order valence-electron chi connectivity index (χ4n) is 4.63. The smallest absolute Gasteiger partial charge is 0.162 e. The molecular formula is C29H36N4O2. The summed E-state index contributed by atoms with van der Waals surface area (Å²) in [5.74, 6) is 2.80. The van der Waals surface area contributed by atoms with Crippen molar-refractivity contribution in [1.29, 1.82) is 0 Å². The highest BCUT2D eigenvalue weighted by atomic mass is 16.5. The molecule has 0 saturated heterocycles. The molecule has 0 aliphatic carbocycles. The van der Waals surface area contributed by atoms with Crippen molar-refractivity contribution in [2.24, 2.45) is 0 Å². The van der Waals surface area contributed by atoms with E-state index in [4.69, 9.17) is 19.4 Å². The Morgan fingerprint density at radius 2 is 1.51 bits per heavy atom. The summed E-state index contributed by atoms with van der Waals surface area (Å²) in [5, 5.41) is 6.86. The second-order valence-electron chi connectivity index (χ2n) is 9.39. The fourth-order valence-corrected chi connectivity index (χ4v) is 4.63. The summed E-state index contributed by atoms with van der Waals surface area (Å²) in [5.41, 5.74) is 1.79. The Labute approximate surface area is 208 Å². The summed E-state index contributed by atoms with van der Waals surface area (Å²) >= 11 is 0. The number of aromatic nitrogens is 2. The number of ether oxygens (including phenoxy) is 2. The second-order valence-corrected chi connectivity index (χ2v) is 9.39.